The van der Waals surface area contributed by atoms with E-state index < -0.39 is 11.4 Å². The van der Waals surface area contributed by atoms with Gasteiger partial charge in [0.1, 0.15) is 23.5 Å². The Hall–Kier alpha value is -3.36. The molecule has 1 saturated carbocycles. The Bertz CT molecular complexity index is 1530. The van der Waals surface area contributed by atoms with E-state index in [0.29, 0.717) is 63.8 Å². The van der Waals surface area contributed by atoms with Crippen molar-refractivity contribution in [3.63, 3.8) is 0 Å². The lowest BCUT2D eigenvalue weighted by atomic mass is 9.86. The molecule has 0 saturated heterocycles. The lowest BCUT2D eigenvalue weighted by Crippen LogP contribution is -2.19. The molecular formula is C29H30Cl2N4O4. The zero-order valence-electron chi connectivity index (χ0n) is 22.1. The van der Waals surface area contributed by atoms with Crippen LogP contribution >= 0.6 is 23.2 Å². The second kappa shape index (κ2) is 10.7. The molecule has 2 heterocycles. The van der Waals surface area contributed by atoms with Gasteiger partial charge in [0, 0.05) is 10.6 Å². The lowest BCUT2D eigenvalue weighted by Gasteiger charge is -2.22. The molecule has 0 radical (unpaired) electrons. The second-order valence-electron chi connectivity index (χ2n) is 11.0. The Kier molecular flexibility index (Phi) is 7.44. The summed E-state index contributed by atoms with van der Waals surface area (Å²) in [7, 11) is 0. The van der Waals surface area contributed by atoms with Crippen LogP contribution in [0.1, 0.15) is 52.0 Å². The summed E-state index contributed by atoms with van der Waals surface area (Å²) in [5, 5.41) is 10.2. The summed E-state index contributed by atoms with van der Waals surface area (Å²) in [5.41, 5.74) is 2.18. The van der Waals surface area contributed by atoms with Gasteiger partial charge in [-0.3, -0.25) is 4.79 Å². The van der Waals surface area contributed by atoms with Crippen molar-refractivity contribution in [2.45, 2.75) is 58.6 Å². The van der Waals surface area contributed by atoms with E-state index in [4.69, 9.17) is 42.8 Å². The van der Waals surface area contributed by atoms with Crippen LogP contribution in [0.5, 0.6) is 11.6 Å². The highest BCUT2D eigenvalue weighted by Gasteiger charge is 2.41. The zero-order valence-corrected chi connectivity index (χ0v) is 23.6. The smallest absolute Gasteiger partial charge is 0.303 e. The largest absolute Gasteiger partial charge is 0.492 e. The van der Waals surface area contributed by atoms with Crippen LogP contribution in [0.15, 0.2) is 48.8 Å². The number of nitrogens with zero attached hydrogens (tertiary/aromatic N) is 4. The molecule has 2 aromatic carbocycles. The maximum Gasteiger partial charge on any atom is 0.303 e. The number of hydrogen-bond acceptors (Lipinski definition) is 6. The number of ether oxygens (including phenoxy) is 2. The molecule has 4 aromatic rings. The molecule has 1 N–H and O–H groups in total. The Morgan fingerprint density at radius 3 is 2.64 bits per heavy atom. The molecule has 0 atom stereocenters. The summed E-state index contributed by atoms with van der Waals surface area (Å²) in [6.45, 7) is 6.64. The van der Waals surface area contributed by atoms with Gasteiger partial charge in [0.05, 0.1) is 24.6 Å². The van der Waals surface area contributed by atoms with Gasteiger partial charge in [-0.25, -0.2) is 9.97 Å². The van der Waals surface area contributed by atoms with Crippen molar-refractivity contribution in [1.29, 1.82) is 0 Å². The van der Waals surface area contributed by atoms with Crippen LogP contribution in [-0.2, 0) is 11.3 Å². The Morgan fingerprint density at radius 1 is 1.15 bits per heavy atom. The molecule has 0 bridgehead atoms. The third-order valence-electron chi connectivity index (χ3n) is 6.90. The van der Waals surface area contributed by atoms with Gasteiger partial charge in [0.2, 0.25) is 5.88 Å². The van der Waals surface area contributed by atoms with Crippen LogP contribution in [0, 0.1) is 5.41 Å². The first-order chi connectivity index (χ1) is 18.5. The van der Waals surface area contributed by atoms with E-state index >= 15 is 0 Å². The number of carboxylic acids is 1. The summed E-state index contributed by atoms with van der Waals surface area (Å²) in [6.07, 6.45) is 4.03. The number of carbonyl (C=O) groups is 1. The van der Waals surface area contributed by atoms with Gasteiger partial charge < -0.3 is 19.1 Å². The highest BCUT2D eigenvalue weighted by atomic mass is 35.5. The zero-order chi connectivity index (χ0) is 27.8. The van der Waals surface area contributed by atoms with E-state index in [2.05, 4.69) is 16.9 Å². The second-order valence-corrected chi connectivity index (χ2v) is 11.8. The van der Waals surface area contributed by atoms with Gasteiger partial charge in [0.25, 0.3) is 0 Å². The van der Waals surface area contributed by atoms with Gasteiger partial charge in [-0.15, -0.1) is 0 Å². The summed E-state index contributed by atoms with van der Waals surface area (Å²) in [6, 6.07) is 13.2. The number of fused-ring (bicyclic) bond motifs is 1. The normalized spacial score (nSPS) is 14.4. The summed E-state index contributed by atoms with van der Waals surface area (Å²) >= 11 is 13.2. The quantitative estimate of drug-likeness (QED) is 0.207. The molecule has 1 fully saturated rings. The van der Waals surface area contributed by atoms with Crippen LogP contribution in [0.25, 0.3) is 22.6 Å². The molecule has 0 spiro atoms. The lowest BCUT2D eigenvalue weighted by molar-refractivity contribution is -0.139. The van der Waals surface area contributed by atoms with Crippen molar-refractivity contribution in [1.82, 2.24) is 19.5 Å². The summed E-state index contributed by atoms with van der Waals surface area (Å²) in [4.78, 5) is 25.1. The molecule has 8 nitrogen and oxygen atoms in total. The molecule has 2 aromatic heterocycles. The summed E-state index contributed by atoms with van der Waals surface area (Å²) < 4.78 is 14.2. The highest BCUT2D eigenvalue weighted by Crippen LogP contribution is 2.42. The molecule has 39 heavy (non-hydrogen) atoms. The fourth-order valence-electron chi connectivity index (χ4n) is 4.41. The Labute approximate surface area is 236 Å². The SMILES string of the molecule is CC(C)(CCOc1cccc(-c2nc3c(OC4(C)CC4)ncnc3n2Cc2cccc(Cl)c2)c1Cl)CC(=O)O. The maximum absolute atomic E-state index is 11.2. The molecule has 1 aliphatic rings. The van der Waals surface area contributed by atoms with Gasteiger partial charge in [-0.2, -0.15) is 4.98 Å². The molecule has 0 amide bonds. The summed E-state index contributed by atoms with van der Waals surface area (Å²) in [5.74, 6) is 0.698. The van der Waals surface area contributed by atoms with Crippen molar-refractivity contribution in [2.24, 2.45) is 5.41 Å². The Morgan fingerprint density at radius 2 is 1.92 bits per heavy atom. The molecule has 10 heteroatoms. The highest BCUT2D eigenvalue weighted by molar-refractivity contribution is 6.34. The first-order valence-corrected chi connectivity index (χ1v) is 13.6. The molecule has 1 aliphatic carbocycles. The minimum absolute atomic E-state index is 0.0577. The maximum atomic E-state index is 11.2. The number of hydrogen-bond donors (Lipinski definition) is 1. The Balaban J connectivity index is 1.53. The molecule has 5 rings (SSSR count). The van der Waals surface area contributed by atoms with Crippen LogP contribution in [0.3, 0.4) is 0 Å². The number of halogens is 2. The van der Waals surface area contributed by atoms with E-state index in [1.54, 1.807) is 6.07 Å². The third-order valence-corrected chi connectivity index (χ3v) is 7.52. The number of imidazole rings is 1. The minimum atomic E-state index is -0.833. The number of benzene rings is 2. The van der Waals surface area contributed by atoms with E-state index in [1.807, 2.05) is 54.8 Å². The topological polar surface area (TPSA) is 99.4 Å². The molecule has 0 aliphatic heterocycles. The van der Waals surface area contributed by atoms with Gasteiger partial charge >= 0.3 is 5.97 Å². The van der Waals surface area contributed by atoms with E-state index in [0.717, 1.165) is 18.4 Å². The van der Waals surface area contributed by atoms with Gasteiger partial charge in [-0.1, -0.05) is 55.2 Å². The van der Waals surface area contributed by atoms with E-state index in [1.165, 1.54) is 6.33 Å². The van der Waals surface area contributed by atoms with Crippen LogP contribution in [0.2, 0.25) is 10.0 Å². The average molecular weight is 569 g/mol. The van der Waals surface area contributed by atoms with Crippen molar-refractivity contribution in [2.75, 3.05) is 6.61 Å². The predicted octanol–water partition coefficient (Wildman–Crippen LogP) is 7.05. The van der Waals surface area contributed by atoms with Crippen LogP contribution < -0.4 is 9.47 Å². The van der Waals surface area contributed by atoms with Crippen molar-refractivity contribution in [3.05, 3.63) is 64.4 Å². The van der Waals surface area contributed by atoms with Gasteiger partial charge in [-0.05, 0) is 61.4 Å². The number of aromatic nitrogens is 4. The van der Waals surface area contributed by atoms with Crippen LogP contribution in [-0.4, -0.2) is 42.8 Å². The van der Waals surface area contributed by atoms with Gasteiger partial charge in [0.15, 0.2) is 11.2 Å². The average Bonchev–Trinajstić information content (AvgIpc) is 3.47. The fraction of sp³-hybridized carbons (Fsp3) is 0.379. The molecule has 204 valence electrons. The predicted molar refractivity (Wildman–Crippen MR) is 151 cm³/mol. The van der Waals surface area contributed by atoms with Crippen molar-refractivity contribution < 1.29 is 19.4 Å². The molecule has 0 unspecified atom stereocenters. The van der Waals surface area contributed by atoms with E-state index in [-0.39, 0.29) is 12.0 Å². The van der Waals surface area contributed by atoms with Crippen molar-refractivity contribution >= 4 is 40.3 Å². The number of aliphatic carboxylic acids is 1. The monoisotopic (exact) mass is 568 g/mol. The first kappa shape index (κ1) is 27.2. The third kappa shape index (κ3) is 6.28. The molecular weight excluding hydrogens is 539 g/mol. The standard InChI is InChI=1S/C29H30Cl2N4O4/c1-28(2,15-22(36)37)12-13-38-21-9-5-8-20(23(21)31)25-34-24-26(32-17-33-27(24)39-29(3)10-11-29)35(25)16-18-6-4-7-19(30)14-18/h4-9,14,17H,10-13,15-16H2,1-3H3,(H,36,37). The number of carboxylic acid groups (broad SMARTS) is 1. The first-order valence-electron chi connectivity index (χ1n) is 12.8. The number of rotatable bonds is 11. The fourth-order valence-corrected chi connectivity index (χ4v) is 4.88. The van der Waals surface area contributed by atoms with Crippen LogP contribution in [0.4, 0.5) is 0 Å². The minimum Gasteiger partial charge on any atom is -0.492 e. The van der Waals surface area contributed by atoms with E-state index in [9.17, 15) is 4.79 Å². The van der Waals surface area contributed by atoms with Crippen molar-refractivity contribution in [3.8, 4) is 23.0 Å².